The zero-order valence-electron chi connectivity index (χ0n) is 8.58. The quantitative estimate of drug-likeness (QED) is 0.660. The van der Waals surface area contributed by atoms with Gasteiger partial charge < -0.3 is 0 Å². The Morgan fingerprint density at radius 3 is 2.71 bits per heavy atom. The van der Waals surface area contributed by atoms with E-state index < -0.39 is 6.04 Å². The van der Waals surface area contributed by atoms with Crippen molar-refractivity contribution in [2.45, 2.75) is 6.04 Å². The van der Waals surface area contributed by atoms with Gasteiger partial charge in [-0.25, -0.2) is 9.82 Å². The molecule has 0 radical (unpaired) electrons. The van der Waals surface area contributed by atoms with Crippen molar-refractivity contribution in [1.29, 1.82) is 0 Å². The predicted molar refractivity (Wildman–Crippen MR) is 72.6 cm³/mol. The molecule has 2 aromatic rings. The van der Waals surface area contributed by atoms with Gasteiger partial charge >= 0.3 is 0 Å². The van der Waals surface area contributed by atoms with E-state index in [1.807, 2.05) is 5.38 Å². The summed E-state index contributed by atoms with van der Waals surface area (Å²) < 4.78 is 14.5. The summed E-state index contributed by atoms with van der Waals surface area (Å²) >= 11 is 10.7. The zero-order chi connectivity index (χ0) is 12.4. The van der Waals surface area contributed by atoms with E-state index in [9.17, 15) is 4.39 Å². The average Bonchev–Trinajstić information content (AvgIpc) is 2.69. The Kier molecular flexibility index (Phi) is 4.17. The fraction of sp³-hybridized carbons (Fsp3) is 0.0909. The van der Waals surface area contributed by atoms with Crippen molar-refractivity contribution in [3.63, 3.8) is 0 Å². The van der Waals surface area contributed by atoms with Crippen molar-refractivity contribution < 1.29 is 4.39 Å². The van der Waals surface area contributed by atoms with E-state index in [0.717, 1.165) is 4.88 Å². The molecule has 0 bridgehead atoms. The molecule has 1 aromatic carbocycles. The molecule has 1 atom stereocenters. The Morgan fingerprint density at radius 1 is 1.41 bits per heavy atom. The summed E-state index contributed by atoms with van der Waals surface area (Å²) in [6.45, 7) is 0. The van der Waals surface area contributed by atoms with Crippen LogP contribution in [0.3, 0.4) is 0 Å². The highest BCUT2D eigenvalue weighted by atomic mass is 79.9. The molecule has 0 amide bonds. The number of benzene rings is 1. The van der Waals surface area contributed by atoms with E-state index >= 15 is 0 Å². The lowest BCUT2D eigenvalue weighted by Gasteiger charge is -2.16. The third-order valence-corrected chi connectivity index (χ3v) is 4.26. The molecule has 1 unspecified atom stereocenters. The largest absolute Gasteiger partial charge is 0.271 e. The Labute approximate surface area is 116 Å². The van der Waals surface area contributed by atoms with Crippen molar-refractivity contribution in [3.05, 3.63) is 55.4 Å². The molecule has 17 heavy (non-hydrogen) atoms. The van der Waals surface area contributed by atoms with E-state index in [1.165, 1.54) is 17.4 Å². The summed E-state index contributed by atoms with van der Waals surface area (Å²) in [5.74, 6) is 5.16. The highest BCUT2D eigenvalue weighted by molar-refractivity contribution is 9.10. The number of hydrogen-bond donors (Lipinski definition) is 2. The van der Waals surface area contributed by atoms with Crippen LogP contribution in [-0.4, -0.2) is 0 Å². The Hall–Kier alpha value is -0.460. The summed E-state index contributed by atoms with van der Waals surface area (Å²) in [5.41, 5.74) is 3.06. The van der Waals surface area contributed by atoms with Gasteiger partial charge in [-0.3, -0.25) is 5.84 Å². The maximum atomic E-state index is 13.8. The highest BCUT2D eigenvalue weighted by Gasteiger charge is 2.20. The first-order valence-corrected chi connectivity index (χ1v) is 6.82. The lowest BCUT2D eigenvalue weighted by atomic mass is 10.1. The Balaban J connectivity index is 2.46. The molecular formula is C11H9BrClFN2S. The van der Waals surface area contributed by atoms with Gasteiger partial charge in [0.1, 0.15) is 5.82 Å². The molecule has 0 saturated carbocycles. The molecule has 2 nitrogen and oxygen atoms in total. The number of hydrogen-bond acceptors (Lipinski definition) is 3. The van der Waals surface area contributed by atoms with Crippen molar-refractivity contribution in [2.24, 2.45) is 5.84 Å². The topological polar surface area (TPSA) is 38.0 Å². The van der Waals surface area contributed by atoms with E-state index in [1.54, 1.807) is 18.2 Å². The number of nitrogens with two attached hydrogens (primary N) is 1. The molecule has 0 spiro atoms. The standard InChI is InChI=1S/C11H9BrClFN2S/c12-6-1-2-7(9(14)5-6)10(16-15)11-8(13)3-4-17-11/h1-5,10,16H,15H2. The Bertz CT molecular complexity index is 532. The lowest BCUT2D eigenvalue weighted by molar-refractivity contribution is 0.563. The zero-order valence-corrected chi connectivity index (χ0v) is 11.7. The number of nitrogens with one attached hydrogen (secondary N) is 1. The molecule has 0 aliphatic rings. The monoisotopic (exact) mass is 334 g/mol. The average molecular weight is 336 g/mol. The van der Waals surface area contributed by atoms with Crippen molar-refractivity contribution in [1.82, 2.24) is 5.43 Å². The first-order valence-electron chi connectivity index (χ1n) is 4.77. The van der Waals surface area contributed by atoms with Gasteiger partial charge in [-0.15, -0.1) is 11.3 Å². The van der Waals surface area contributed by atoms with Gasteiger partial charge in [-0.2, -0.15) is 0 Å². The van der Waals surface area contributed by atoms with Crippen LogP contribution < -0.4 is 11.3 Å². The number of rotatable bonds is 3. The van der Waals surface area contributed by atoms with E-state index in [2.05, 4.69) is 21.4 Å². The molecule has 90 valence electrons. The van der Waals surface area contributed by atoms with Gasteiger partial charge in [0.05, 0.1) is 11.1 Å². The predicted octanol–water partition coefficient (Wildman–Crippen LogP) is 3.86. The maximum Gasteiger partial charge on any atom is 0.129 e. The van der Waals surface area contributed by atoms with E-state index in [-0.39, 0.29) is 5.82 Å². The number of hydrazine groups is 1. The van der Waals surface area contributed by atoms with Crippen molar-refractivity contribution in [2.75, 3.05) is 0 Å². The van der Waals surface area contributed by atoms with Gasteiger partial charge in [0.25, 0.3) is 0 Å². The van der Waals surface area contributed by atoms with Crippen LogP contribution in [0.2, 0.25) is 5.02 Å². The summed E-state index contributed by atoms with van der Waals surface area (Å²) in [6, 6.07) is 6.18. The van der Waals surface area contributed by atoms with Crippen LogP contribution >= 0.6 is 38.9 Å². The molecule has 0 saturated heterocycles. The molecule has 2 rings (SSSR count). The van der Waals surface area contributed by atoms with Gasteiger partial charge in [0.2, 0.25) is 0 Å². The first kappa shape index (κ1) is 13.0. The second-order valence-electron chi connectivity index (χ2n) is 3.40. The van der Waals surface area contributed by atoms with Gasteiger partial charge in [-0.1, -0.05) is 33.6 Å². The number of halogens is 3. The summed E-state index contributed by atoms with van der Waals surface area (Å²) in [7, 11) is 0. The molecule has 0 fully saturated rings. The van der Waals surface area contributed by atoms with Crippen LogP contribution in [0.5, 0.6) is 0 Å². The fourth-order valence-corrected chi connectivity index (χ4v) is 3.13. The van der Waals surface area contributed by atoms with E-state index in [0.29, 0.717) is 15.1 Å². The molecule has 0 aliphatic heterocycles. The van der Waals surface area contributed by atoms with Crippen LogP contribution in [-0.2, 0) is 0 Å². The molecule has 1 heterocycles. The summed E-state index contributed by atoms with van der Waals surface area (Å²) in [6.07, 6.45) is 0. The van der Waals surface area contributed by atoms with Gasteiger partial charge in [0, 0.05) is 14.9 Å². The van der Waals surface area contributed by atoms with Gasteiger partial charge in [-0.05, 0) is 23.6 Å². The summed E-state index contributed by atoms with van der Waals surface area (Å²) in [4.78, 5) is 0.801. The van der Waals surface area contributed by atoms with Crippen LogP contribution in [0.15, 0.2) is 34.1 Å². The van der Waals surface area contributed by atoms with Crippen LogP contribution in [0.4, 0.5) is 4.39 Å². The minimum absolute atomic E-state index is 0.327. The van der Waals surface area contributed by atoms with E-state index in [4.69, 9.17) is 17.4 Å². The SMILES string of the molecule is NNC(c1ccc(Br)cc1F)c1sccc1Cl. The molecule has 0 aliphatic carbocycles. The Morgan fingerprint density at radius 2 is 2.18 bits per heavy atom. The third-order valence-electron chi connectivity index (χ3n) is 2.35. The lowest BCUT2D eigenvalue weighted by Crippen LogP contribution is -2.29. The van der Waals surface area contributed by atoms with Gasteiger partial charge in [0.15, 0.2) is 0 Å². The fourth-order valence-electron chi connectivity index (χ4n) is 1.55. The second-order valence-corrected chi connectivity index (χ2v) is 5.67. The smallest absolute Gasteiger partial charge is 0.129 e. The minimum atomic E-state index is -0.435. The van der Waals surface area contributed by atoms with Crippen LogP contribution in [0.25, 0.3) is 0 Å². The first-order chi connectivity index (χ1) is 8.13. The molecular weight excluding hydrogens is 327 g/mol. The number of thiophene rings is 1. The summed E-state index contributed by atoms with van der Waals surface area (Å²) in [5, 5.41) is 2.43. The van der Waals surface area contributed by atoms with Crippen LogP contribution in [0, 0.1) is 5.82 Å². The normalized spacial score (nSPS) is 12.7. The van der Waals surface area contributed by atoms with Crippen molar-refractivity contribution >= 4 is 38.9 Å². The highest BCUT2D eigenvalue weighted by Crippen LogP contribution is 2.34. The molecule has 6 heteroatoms. The maximum absolute atomic E-state index is 13.8. The third kappa shape index (κ3) is 2.69. The van der Waals surface area contributed by atoms with Crippen molar-refractivity contribution in [3.8, 4) is 0 Å². The van der Waals surface area contributed by atoms with Crippen LogP contribution in [0.1, 0.15) is 16.5 Å². The second kappa shape index (κ2) is 5.46. The molecule has 1 aromatic heterocycles. The minimum Gasteiger partial charge on any atom is -0.271 e. The molecule has 3 N–H and O–H groups in total.